The van der Waals surface area contributed by atoms with E-state index in [1.54, 1.807) is 11.0 Å². The molecule has 2 aromatic carbocycles. The van der Waals surface area contributed by atoms with Crippen LogP contribution in [0.3, 0.4) is 0 Å². The van der Waals surface area contributed by atoms with Gasteiger partial charge in [0.15, 0.2) is 0 Å². The largest absolute Gasteiger partial charge is 0.423 e. The molecule has 3 nitrogen and oxygen atoms in total. The van der Waals surface area contributed by atoms with Crippen molar-refractivity contribution in [3.63, 3.8) is 0 Å². The first kappa shape index (κ1) is 15.8. The van der Waals surface area contributed by atoms with E-state index < -0.39 is 0 Å². The zero-order valence-electron chi connectivity index (χ0n) is 14.4. The smallest absolute Gasteiger partial charge is 0.336 e. The van der Waals surface area contributed by atoms with Gasteiger partial charge in [0, 0.05) is 29.9 Å². The minimum atomic E-state index is -0.256. The highest BCUT2D eigenvalue weighted by Gasteiger charge is 2.31. The van der Waals surface area contributed by atoms with Crippen molar-refractivity contribution in [1.29, 1.82) is 0 Å². The van der Waals surface area contributed by atoms with E-state index in [4.69, 9.17) is 4.42 Å². The minimum absolute atomic E-state index is 0.256. The Kier molecular flexibility index (Phi) is 3.88. The zero-order chi connectivity index (χ0) is 17.5. The maximum atomic E-state index is 12.2. The number of quaternary nitrogens is 1. The number of thiophene rings is 1. The highest BCUT2D eigenvalue weighted by Crippen LogP contribution is 2.28. The van der Waals surface area contributed by atoms with E-state index >= 15 is 0 Å². The van der Waals surface area contributed by atoms with E-state index in [9.17, 15) is 4.79 Å². The Morgan fingerprint density at radius 2 is 2.04 bits per heavy atom. The van der Waals surface area contributed by atoms with Crippen molar-refractivity contribution in [2.45, 2.75) is 25.4 Å². The van der Waals surface area contributed by atoms with E-state index in [2.05, 4.69) is 29.6 Å². The minimum Gasteiger partial charge on any atom is -0.423 e. The van der Waals surface area contributed by atoms with Gasteiger partial charge in [-0.25, -0.2) is 4.79 Å². The molecule has 0 bridgehead atoms. The Hall–Kier alpha value is -2.43. The topological polar surface area (TPSA) is 34.7 Å². The van der Waals surface area contributed by atoms with Gasteiger partial charge in [-0.1, -0.05) is 36.4 Å². The van der Waals surface area contributed by atoms with Crippen LogP contribution in [0.4, 0.5) is 0 Å². The third-order valence-corrected chi connectivity index (χ3v) is 6.49. The van der Waals surface area contributed by atoms with Gasteiger partial charge in [0.1, 0.15) is 18.2 Å². The molecule has 3 heterocycles. The van der Waals surface area contributed by atoms with Crippen LogP contribution in [0.15, 0.2) is 69.2 Å². The van der Waals surface area contributed by atoms with Gasteiger partial charge >= 0.3 is 5.63 Å². The Bertz CT molecular complexity index is 1130. The van der Waals surface area contributed by atoms with Gasteiger partial charge < -0.3 is 9.32 Å². The summed E-state index contributed by atoms with van der Waals surface area (Å²) in [5.41, 5.74) is 1.54. The fraction of sp³-hybridized carbons (Fsp3) is 0.227. The molecule has 4 heteroatoms. The van der Waals surface area contributed by atoms with E-state index in [-0.39, 0.29) is 5.63 Å². The summed E-state index contributed by atoms with van der Waals surface area (Å²) in [7, 11) is 0. The van der Waals surface area contributed by atoms with Crippen LogP contribution in [0.1, 0.15) is 29.3 Å². The molecular weight excluding hydrogens is 342 g/mol. The van der Waals surface area contributed by atoms with Gasteiger partial charge in [-0.3, -0.25) is 0 Å². The van der Waals surface area contributed by atoms with E-state index in [1.165, 1.54) is 23.1 Å². The molecule has 5 rings (SSSR count). The molecule has 1 aliphatic rings. The Labute approximate surface area is 155 Å². The highest BCUT2D eigenvalue weighted by atomic mass is 32.1. The van der Waals surface area contributed by atoms with Crippen molar-refractivity contribution in [3.8, 4) is 0 Å². The number of hydrogen-bond donors (Lipinski definition) is 1. The fourth-order valence-electron chi connectivity index (χ4n) is 4.36. The Balaban J connectivity index is 1.64. The zero-order valence-corrected chi connectivity index (χ0v) is 15.2. The van der Waals surface area contributed by atoms with Gasteiger partial charge in [-0.05, 0) is 28.3 Å². The average molecular weight is 362 g/mol. The predicted molar refractivity (Wildman–Crippen MR) is 106 cm³/mol. The summed E-state index contributed by atoms with van der Waals surface area (Å²) in [6, 6.07) is 18.9. The first-order chi connectivity index (χ1) is 12.8. The molecule has 1 N–H and O–H groups in total. The average Bonchev–Trinajstić information content (AvgIpc) is 3.32. The summed E-state index contributed by atoms with van der Waals surface area (Å²) in [6.45, 7) is 2.01. The molecule has 1 aliphatic heterocycles. The number of fused-ring (bicyclic) bond motifs is 3. The van der Waals surface area contributed by atoms with E-state index in [1.807, 2.05) is 35.6 Å². The van der Waals surface area contributed by atoms with Crippen LogP contribution < -0.4 is 10.5 Å². The number of likely N-dealkylation sites (tertiary alicyclic amines) is 1. The molecule has 130 valence electrons. The van der Waals surface area contributed by atoms with Crippen molar-refractivity contribution < 1.29 is 9.32 Å². The molecule has 1 unspecified atom stereocenters. The first-order valence-corrected chi connectivity index (χ1v) is 10.00. The van der Waals surface area contributed by atoms with Crippen LogP contribution in [-0.2, 0) is 6.54 Å². The monoisotopic (exact) mass is 362 g/mol. The summed E-state index contributed by atoms with van der Waals surface area (Å²) in [5, 5.41) is 5.59. The normalized spacial score (nSPS) is 20.2. The number of benzene rings is 2. The highest BCUT2D eigenvalue weighted by molar-refractivity contribution is 7.10. The molecule has 0 saturated carbocycles. The molecule has 1 saturated heterocycles. The molecule has 0 amide bonds. The first-order valence-electron chi connectivity index (χ1n) is 9.12. The van der Waals surface area contributed by atoms with Gasteiger partial charge in [-0.15, -0.1) is 11.3 Å². The summed E-state index contributed by atoms with van der Waals surface area (Å²) in [5.74, 6) is 0. The van der Waals surface area contributed by atoms with E-state index in [0.717, 1.165) is 29.4 Å². The fourth-order valence-corrected chi connectivity index (χ4v) is 5.28. The second-order valence-corrected chi connectivity index (χ2v) is 8.03. The second kappa shape index (κ2) is 6.38. The standard InChI is InChI=1S/C22H19NO2S/c24-21-13-16(14-23-11-3-7-18(23)20-8-4-12-26-20)22-17-6-2-1-5-15(17)9-10-19(22)25-21/h1-2,4-6,8-10,12-13,18H,3,7,11,14H2/p+1/t18-/m0/s1. The summed E-state index contributed by atoms with van der Waals surface area (Å²) < 4.78 is 5.51. The SMILES string of the molecule is O=c1cc(C[NH+]2CCC[C@H]2c2cccs2)c2c(ccc3ccccc32)o1. The van der Waals surface area contributed by atoms with Crippen LogP contribution in [0, 0.1) is 0 Å². The van der Waals surface area contributed by atoms with Crippen molar-refractivity contribution in [2.75, 3.05) is 6.54 Å². The van der Waals surface area contributed by atoms with Crippen LogP contribution in [0.25, 0.3) is 21.7 Å². The lowest BCUT2D eigenvalue weighted by molar-refractivity contribution is -0.931. The van der Waals surface area contributed by atoms with Gasteiger partial charge in [0.2, 0.25) is 0 Å². The molecule has 0 aliphatic carbocycles. The Morgan fingerprint density at radius 1 is 1.12 bits per heavy atom. The van der Waals surface area contributed by atoms with Gasteiger partial charge in [-0.2, -0.15) is 0 Å². The lowest BCUT2D eigenvalue weighted by Gasteiger charge is -2.21. The van der Waals surface area contributed by atoms with Crippen molar-refractivity contribution in [1.82, 2.24) is 0 Å². The summed E-state index contributed by atoms with van der Waals surface area (Å²) >= 11 is 1.84. The van der Waals surface area contributed by atoms with Crippen LogP contribution in [0.2, 0.25) is 0 Å². The van der Waals surface area contributed by atoms with Gasteiger partial charge in [0.25, 0.3) is 0 Å². The molecular formula is C22H20NO2S+. The number of hydrogen-bond acceptors (Lipinski definition) is 3. The lowest BCUT2D eigenvalue weighted by Crippen LogP contribution is -3.08. The maximum absolute atomic E-state index is 12.2. The van der Waals surface area contributed by atoms with Crippen molar-refractivity contribution in [2.24, 2.45) is 0 Å². The third-order valence-electron chi connectivity index (χ3n) is 5.50. The predicted octanol–water partition coefficient (Wildman–Crippen LogP) is 3.93. The lowest BCUT2D eigenvalue weighted by atomic mass is 10.0. The van der Waals surface area contributed by atoms with Crippen LogP contribution in [-0.4, -0.2) is 6.54 Å². The van der Waals surface area contributed by atoms with Gasteiger partial charge in [0.05, 0.1) is 11.4 Å². The second-order valence-electron chi connectivity index (χ2n) is 7.05. The maximum Gasteiger partial charge on any atom is 0.336 e. The molecule has 4 aromatic rings. The molecule has 2 atom stereocenters. The molecule has 2 aromatic heterocycles. The molecule has 1 fully saturated rings. The van der Waals surface area contributed by atoms with Crippen molar-refractivity contribution >= 4 is 33.1 Å². The summed E-state index contributed by atoms with van der Waals surface area (Å²) in [4.78, 5) is 15.2. The number of rotatable bonds is 3. The Morgan fingerprint density at radius 3 is 2.92 bits per heavy atom. The summed E-state index contributed by atoms with van der Waals surface area (Å²) in [6.07, 6.45) is 2.45. The molecule has 26 heavy (non-hydrogen) atoms. The van der Waals surface area contributed by atoms with E-state index in [0.29, 0.717) is 11.6 Å². The quantitative estimate of drug-likeness (QED) is 0.443. The van der Waals surface area contributed by atoms with Crippen LogP contribution >= 0.6 is 11.3 Å². The third kappa shape index (κ3) is 2.66. The molecule has 0 spiro atoms. The van der Waals surface area contributed by atoms with Crippen LogP contribution in [0.5, 0.6) is 0 Å². The van der Waals surface area contributed by atoms with Crippen molar-refractivity contribution in [3.05, 3.63) is 80.8 Å². The number of nitrogens with one attached hydrogen (secondary N) is 1. The molecule has 0 radical (unpaired) electrons.